The minimum absolute atomic E-state index is 0.0953. The Hall–Kier alpha value is -1.55. The van der Waals surface area contributed by atoms with Crippen LogP contribution in [-0.2, 0) is 4.74 Å². The maximum atomic E-state index is 12.5. The first-order valence-electron chi connectivity index (χ1n) is 6.44. The van der Waals surface area contributed by atoms with Crippen LogP contribution in [-0.4, -0.2) is 43.7 Å². The summed E-state index contributed by atoms with van der Waals surface area (Å²) < 4.78 is 5.28. The minimum atomic E-state index is 0.0953. The molecular weight excluding hydrogens is 228 g/mol. The predicted octanol–water partition coefficient (Wildman–Crippen LogP) is 1.90. The molecule has 1 aromatic carbocycles. The third kappa shape index (κ3) is 2.82. The molecular formula is C14H20N2O2. The zero-order valence-electron chi connectivity index (χ0n) is 11.0. The van der Waals surface area contributed by atoms with E-state index in [2.05, 4.69) is 5.32 Å². The molecule has 4 nitrogen and oxygen atoms in total. The van der Waals surface area contributed by atoms with Crippen molar-refractivity contribution >= 4 is 11.6 Å². The number of nitrogens with zero attached hydrogens (tertiary/aromatic N) is 1. The molecule has 1 N–H and O–H groups in total. The van der Waals surface area contributed by atoms with Crippen molar-refractivity contribution in [2.45, 2.75) is 13.8 Å². The van der Waals surface area contributed by atoms with Crippen LogP contribution in [0.25, 0.3) is 0 Å². The summed E-state index contributed by atoms with van der Waals surface area (Å²) in [6.45, 7) is 7.47. The van der Waals surface area contributed by atoms with Gasteiger partial charge in [0.1, 0.15) is 0 Å². The largest absolute Gasteiger partial charge is 0.385 e. The molecule has 0 aromatic heterocycles. The summed E-state index contributed by atoms with van der Waals surface area (Å²) in [4.78, 5) is 14.3. The fraction of sp³-hybridized carbons (Fsp3) is 0.500. The Morgan fingerprint density at radius 3 is 2.78 bits per heavy atom. The van der Waals surface area contributed by atoms with E-state index in [-0.39, 0.29) is 5.91 Å². The smallest absolute Gasteiger partial charge is 0.256 e. The monoisotopic (exact) mass is 248 g/mol. The topological polar surface area (TPSA) is 41.6 Å². The molecule has 1 aromatic rings. The van der Waals surface area contributed by atoms with Gasteiger partial charge in [-0.25, -0.2) is 0 Å². The Balaban J connectivity index is 2.24. The molecule has 0 saturated carbocycles. The van der Waals surface area contributed by atoms with Gasteiger partial charge in [-0.2, -0.15) is 0 Å². The van der Waals surface area contributed by atoms with Crippen LogP contribution >= 0.6 is 0 Å². The summed E-state index contributed by atoms with van der Waals surface area (Å²) in [5.41, 5.74) is 2.78. The molecule has 1 amide bonds. The Labute approximate surface area is 108 Å². The zero-order valence-corrected chi connectivity index (χ0v) is 11.0. The molecule has 1 heterocycles. The summed E-state index contributed by atoms with van der Waals surface area (Å²) >= 11 is 0. The highest BCUT2D eigenvalue weighted by Crippen LogP contribution is 2.19. The van der Waals surface area contributed by atoms with Crippen molar-refractivity contribution in [1.29, 1.82) is 0 Å². The van der Waals surface area contributed by atoms with Crippen molar-refractivity contribution in [3.05, 3.63) is 29.3 Å². The SMILES string of the molecule is CCNc1ccc(C)cc1C(=O)N1CCOCC1. The number of hydrogen-bond donors (Lipinski definition) is 1. The first kappa shape index (κ1) is 12.9. The van der Waals surface area contributed by atoms with Crippen LogP contribution in [0.1, 0.15) is 22.8 Å². The summed E-state index contributed by atoms with van der Waals surface area (Å²) in [6.07, 6.45) is 0. The van der Waals surface area contributed by atoms with Gasteiger partial charge in [-0.05, 0) is 26.0 Å². The third-order valence-electron chi connectivity index (χ3n) is 3.07. The van der Waals surface area contributed by atoms with Crippen LogP contribution in [0, 0.1) is 6.92 Å². The summed E-state index contributed by atoms with van der Waals surface area (Å²) in [5, 5.41) is 3.24. The van der Waals surface area contributed by atoms with E-state index >= 15 is 0 Å². The first-order chi connectivity index (χ1) is 8.72. The molecule has 0 unspecified atom stereocenters. The van der Waals surface area contributed by atoms with E-state index in [1.54, 1.807) is 0 Å². The third-order valence-corrected chi connectivity index (χ3v) is 3.07. The number of amides is 1. The Morgan fingerprint density at radius 1 is 1.39 bits per heavy atom. The number of anilines is 1. The van der Waals surface area contributed by atoms with Crippen molar-refractivity contribution < 1.29 is 9.53 Å². The Morgan fingerprint density at radius 2 is 2.11 bits per heavy atom. The van der Waals surface area contributed by atoms with Gasteiger partial charge in [-0.3, -0.25) is 4.79 Å². The highest BCUT2D eigenvalue weighted by atomic mass is 16.5. The molecule has 1 aliphatic rings. The van der Waals surface area contributed by atoms with E-state index in [0.717, 1.165) is 23.4 Å². The molecule has 1 saturated heterocycles. The van der Waals surface area contributed by atoms with E-state index in [4.69, 9.17) is 4.74 Å². The maximum absolute atomic E-state index is 12.5. The minimum Gasteiger partial charge on any atom is -0.385 e. The number of carbonyl (C=O) groups excluding carboxylic acids is 1. The average Bonchev–Trinajstić information content (AvgIpc) is 2.41. The molecule has 4 heteroatoms. The first-order valence-corrected chi connectivity index (χ1v) is 6.44. The lowest BCUT2D eigenvalue weighted by molar-refractivity contribution is 0.0303. The molecule has 0 radical (unpaired) electrons. The number of hydrogen-bond acceptors (Lipinski definition) is 3. The van der Waals surface area contributed by atoms with Crippen molar-refractivity contribution in [1.82, 2.24) is 4.90 Å². The lowest BCUT2D eigenvalue weighted by atomic mass is 10.1. The van der Waals surface area contributed by atoms with Crippen molar-refractivity contribution in [2.75, 3.05) is 38.2 Å². The quantitative estimate of drug-likeness (QED) is 0.888. The van der Waals surface area contributed by atoms with Crippen molar-refractivity contribution in [3.8, 4) is 0 Å². The second kappa shape index (κ2) is 5.87. The molecule has 0 bridgehead atoms. The molecule has 0 aliphatic carbocycles. The predicted molar refractivity (Wildman–Crippen MR) is 72.1 cm³/mol. The second-order valence-corrected chi connectivity index (χ2v) is 4.48. The fourth-order valence-corrected chi connectivity index (χ4v) is 2.12. The van der Waals surface area contributed by atoms with Gasteiger partial charge >= 0.3 is 0 Å². The molecule has 18 heavy (non-hydrogen) atoms. The van der Waals surface area contributed by atoms with Gasteiger partial charge in [0.25, 0.3) is 5.91 Å². The van der Waals surface area contributed by atoms with Gasteiger partial charge in [0.15, 0.2) is 0 Å². The summed E-state index contributed by atoms with van der Waals surface area (Å²) in [6, 6.07) is 5.95. The van der Waals surface area contributed by atoms with Gasteiger partial charge in [-0.1, -0.05) is 11.6 Å². The summed E-state index contributed by atoms with van der Waals surface area (Å²) in [5.74, 6) is 0.0953. The lowest BCUT2D eigenvalue weighted by Gasteiger charge is -2.27. The molecule has 0 spiro atoms. The number of aryl methyl sites for hydroxylation is 1. The molecule has 2 rings (SSSR count). The van der Waals surface area contributed by atoms with E-state index < -0.39 is 0 Å². The van der Waals surface area contributed by atoms with Crippen molar-refractivity contribution in [2.24, 2.45) is 0 Å². The molecule has 0 atom stereocenters. The van der Waals surface area contributed by atoms with E-state index in [1.807, 2.05) is 36.9 Å². The number of benzene rings is 1. The Kier molecular flexibility index (Phi) is 4.20. The van der Waals surface area contributed by atoms with E-state index in [0.29, 0.717) is 26.3 Å². The van der Waals surface area contributed by atoms with Crippen LogP contribution in [0.4, 0.5) is 5.69 Å². The lowest BCUT2D eigenvalue weighted by Crippen LogP contribution is -2.41. The number of rotatable bonds is 3. The van der Waals surface area contributed by atoms with Gasteiger partial charge in [0.2, 0.25) is 0 Å². The average molecular weight is 248 g/mol. The number of carbonyl (C=O) groups is 1. The molecule has 1 aliphatic heterocycles. The van der Waals surface area contributed by atoms with Gasteiger partial charge in [-0.15, -0.1) is 0 Å². The van der Waals surface area contributed by atoms with Crippen LogP contribution in [0.5, 0.6) is 0 Å². The highest BCUT2D eigenvalue weighted by Gasteiger charge is 2.20. The number of ether oxygens (including phenoxy) is 1. The second-order valence-electron chi connectivity index (χ2n) is 4.48. The summed E-state index contributed by atoms with van der Waals surface area (Å²) in [7, 11) is 0. The van der Waals surface area contributed by atoms with Crippen LogP contribution in [0.15, 0.2) is 18.2 Å². The van der Waals surface area contributed by atoms with E-state index in [9.17, 15) is 4.79 Å². The van der Waals surface area contributed by atoms with Crippen LogP contribution < -0.4 is 5.32 Å². The van der Waals surface area contributed by atoms with Crippen LogP contribution in [0.3, 0.4) is 0 Å². The van der Waals surface area contributed by atoms with Gasteiger partial charge in [0, 0.05) is 25.3 Å². The maximum Gasteiger partial charge on any atom is 0.256 e. The fourth-order valence-electron chi connectivity index (χ4n) is 2.12. The molecule has 1 fully saturated rings. The Bertz CT molecular complexity index is 426. The standard InChI is InChI=1S/C14H20N2O2/c1-3-15-13-5-4-11(2)10-12(13)14(17)16-6-8-18-9-7-16/h4-5,10,15H,3,6-9H2,1-2H3. The van der Waals surface area contributed by atoms with Crippen molar-refractivity contribution in [3.63, 3.8) is 0 Å². The van der Waals surface area contributed by atoms with Gasteiger partial charge in [0.05, 0.1) is 18.8 Å². The highest BCUT2D eigenvalue weighted by molar-refractivity contribution is 5.99. The number of nitrogens with one attached hydrogen (secondary N) is 1. The number of morpholine rings is 1. The molecule has 98 valence electrons. The normalized spacial score (nSPS) is 15.6. The van der Waals surface area contributed by atoms with Crippen LogP contribution in [0.2, 0.25) is 0 Å². The zero-order chi connectivity index (χ0) is 13.0. The van der Waals surface area contributed by atoms with E-state index in [1.165, 1.54) is 0 Å². The van der Waals surface area contributed by atoms with Gasteiger partial charge < -0.3 is 15.0 Å².